The van der Waals surface area contributed by atoms with Gasteiger partial charge in [0, 0.05) is 10.5 Å². The van der Waals surface area contributed by atoms with E-state index in [9.17, 15) is 22.0 Å². The van der Waals surface area contributed by atoms with E-state index < -0.39 is 41.0 Å². The van der Waals surface area contributed by atoms with Crippen molar-refractivity contribution in [2.24, 2.45) is 0 Å². The third-order valence-electron chi connectivity index (χ3n) is 2.29. The summed E-state index contributed by atoms with van der Waals surface area (Å²) in [6, 6.07) is 2.39. The highest BCUT2D eigenvalue weighted by Gasteiger charge is 2.33. The zero-order valence-electron chi connectivity index (χ0n) is 9.97. The first-order chi connectivity index (χ1) is 9.66. The number of nitrogens with zero attached hydrogens (tertiary/aromatic N) is 2. The van der Waals surface area contributed by atoms with Gasteiger partial charge in [-0.05, 0) is 12.1 Å². The minimum absolute atomic E-state index is 0.140. The number of alkyl halides is 3. The number of nitrogens with one attached hydrogen (secondary N) is 1. The van der Waals surface area contributed by atoms with E-state index in [0.717, 1.165) is 12.1 Å². The lowest BCUT2D eigenvalue weighted by Gasteiger charge is -2.11. The van der Waals surface area contributed by atoms with E-state index in [1.54, 1.807) is 0 Å². The number of benzene rings is 1. The van der Waals surface area contributed by atoms with Crippen LogP contribution >= 0.6 is 15.9 Å². The van der Waals surface area contributed by atoms with Gasteiger partial charge in [0.1, 0.15) is 11.5 Å². The molecule has 2 aromatic rings. The number of nitrogen functional groups attached to an aromatic ring is 1. The summed E-state index contributed by atoms with van der Waals surface area (Å²) < 4.78 is 65.1. The molecule has 0 radical (unpaired) electrons. The Kier molecular flexibility index (Phi) is 3.99. The summed E-state index contributed by atoms with van der Waals surface area (Å²) in [6.45, 7) is 0. The molecule has 4 nitrogen and oxygen atoms in total. The van der Waals surface area contributed by atoms with Crippen LogP contribution in [0.25, 0.3) is 0 Å². The Labute approximate surface area is 123 Å². The number of aromatic nitrogens is 2. The maximum absolute atomic E-state index is 13.6. The molecule has 10 heteroatoms. The van der Waals surface area contributed by atoms with Crippen molar-refractivity contribution < 1.29 is 22.0 Å². The summed E-state index contributed by atoms with van der Waals surface area (Å²) >= 11 is 2.88. The third-order valence-corrected chi connectivity index (χ3v) is 2.75. The fourth-order valence-corrected chi connectivity index (χ4v) is 1.87. The molecule has 0 bridgehead atoms. The summed E-state index contributed by atoms with van der Waals surface area (Å²) in [5, 5.41) is 2.12. The number of rotatable bonds is 2. The van der Waals surface area contributed by atoms with Crippen LogP contribution in [0.5, 0.6) is 0 Å². The van der Waals surface area contributed by atoms with Crippen molar-refractivity contribution in [1.29, 1.82) is 0 Å². The third kappa shape index (κ3) is 3.57. The zero-order valence-corrected chi connectivity index (χ0v) is 11.6. The molecule has 1 aromatic carbocycles. The van der Waals surface area contributed by atoms with E-state index in [2.05, 4.69) is 31.2 Å². The van der Waals surface area contributed by atoms with Crippen molar-refractivity contribution in [1.82, 2.24) is 9.97 Å². The molecule has 0 saturated heterocycles. The largest absolute Gasteiger partial charge is 0.433 e. The number of anilines is 3. The first kappa shape index (κ1) is 15.4. The van der Waals surface area contributed by atoms with Gasteiger partial charge in [0.15, 0.2) is 17.3 Å². The molecule has 0 saturated carbocycles. The first-order valence-electron chi connectivity index (χ1n) is 5.30. The Morgan fingerprint density at radius 3 is 2.14 bits per heavy atom. The average Bonchev–Trinajstić information content (AvgIpc) is 2.32. The number of hydrogen-bond donors (Lipinski definition) is 2. The van der Waals surface area contributed by atoms with Crippen LogP contribution < -0.4 is 11.1 Å². The fourth-order valence-electron chi connectivity index (χ4n) is 1.46. The number of halogens is 6. The van der Waals surface area contributed by atoms with Crippen LogP contribution in [0.3, 0.4) is 0 Å². The van der Waals surface area contributed by atoms with E-state index >= 15 is 0 Å². The molecule has 0 unspecified atom stereocenters. The van der Waals surface area contributed by atoms with Gasteiger partial charge in [0.05, 0.1) is 0 Å². The van der Waals surface area contributed by atoms with Crippen molar-refractivity contribution in [3.05, 3.63) is 40.0 Å². The minimum atomic E-state index is -4.76. The van der Waals surface area contributed by atoms with Crippen LogP contribution in [-0.2, 0) is 6.18 Å². The van der Waals surface area contributed by atoms with Gasteiger partial charge in [0.25, 0.3) is 0 Å². The Morgan fingerprint density at radius 2 is 1.62 bits per heavy atom. The van der Waals surface area contributed by atoms with Gasteiger partial charge in [0.2, 0.25) is 5.95 Å². The van der Waals surface area contributed by atoms with Gasteiger partial charge >= 0.3 is 6.18 Å². The molecule has 0 spiro atoms. The van der Waals surface area contributed by atoms with Gasteiger partial charge in [-0.25, -0.2) is 13.8 Å². The Bertz CT molecular complexity index is 666. The minimum Gasteiger partial charge on any atom is -0.368 e. The Balaban J connectivity index is 2.43. The molecule has 2 rings (SSSR count). The topological polar surface area (TPSA) is 63.8 Å². The predicted molar refractivity (Wildman–Crippen MR) is 68.8 cm³/mol. The van der Waals surface area contributed by atoms with Crippen molar-refractivity contribution in [2.75, 3.05) is 11.1 Å². The van der Waals surface area contributed by atoms with Gasteiger partial charge in [-0.3, -0.25) is 0 Å². The van der Waals surface area contributed by atoms with Crippen LogP contribution in [0.4, 0.5) is 39.4 Å². The molecule has 0 atom stereocenters. The lowest BCUT2D eigenvalue weighted by Crippen LogP contribution is -2.12. The molecular weight excluding hydrogens is 363 g/mol. The second-order valence-electron chi connectivity index (χ2n) is 3.86. The summed E-state index contributed by atoms with van der Waals surface area (Å²) in [7, 11) is 0. The van der Waals surface area contributed by atoms with Crippen molar-refractivity contribution >= 4 is 33.4 Å². The number of nitrogens with two attached hydrogens (primary N) is 1. The molecule has 112 valence electrons. The first-order valence-corrected chi connectivity index (χ1v) is 6.09. The van der Waals surface area contributed by atoms with Crippen molar-refractivity contribution in [3.8, 4) is 0 Å². The second-order valence-corrected chi connectivity index (χ2v) is 4.78. The lowest BCUT2D eigenvalue weighted by atomic mass is 10.3. The van der Waals surface area contributed by atoms with Crippen LogP contribution in [-0.4, -0.2) is 9.97 Å². The van der Waals surface area contributed by atoms with Crippen LogP contribution in [0, 0.1) is 11.6 Å². The highest BCUT2D eigenvalue weighted by atomic mass is 79.9. The van der Waals surface area contributed by atoms with Gasteiger partial charge in [-0.1, -0.05) is 15.9 Å². The van der Waals surface area contributed by atoms with Crippen molar-refractivity contribution in [2.45, 2.75) is 6.18 Å². The van der Waals surface area contributed by atoms with Gasteiger partial charge < -0.3 is 11.1 Å². The standard InChI is InChI=1S/C11H6BrF5N4/c12-4-1-5(13)9(6(14)2-4)20-8-3-7(11(15,16)17)19-10(18)21-8/h1-3H,(H3,18,19,20,21). The highest BCUT2D eigenvalue weighted by Crippen LogP contribution is 2.31. The van der Waals surface area contributed by atoms with Crippen LogP contribution in [0.2, 0.25) is 0 Å². The SMILES string of the molecule is Nc1nc(Nc2c(F)cc(Br)cc2F)cc(C(F)(F)F)n1. The molecule has 0 fully saturated rings. The van der Waals surface area contributed by atoms with Crippen LogP contribution in [0.1, 0.15) is 5.69 Å². The maximum Gasteiger partial charge on any atom is 0.433 e. The zero-order chi connectivity index (χ0) is 15.8. The molecule has 0 aliphatic carbocycles. The quantitative estimate of drug-likeness (QED) is 0.790. The monoisotopic (exact) mass is 368 g/mol. The molecule has 0 aliphatic heterocycles. The Morgan fingerprint density at radius 1 is 1.05 bits per heavy atom. The average molecular weight is 369 g/mol. The Hall–Kier alpha value is -1.97. The van der Waals surface area contributed by atoms with Gasteiger partial charge in [-0.15, -0.1) is 0 Å². The molecule has 0 aliphatic rings. The lowest BCUT2D eigenvalue weighted by molar-refractivity contribution is -0.141. The summed E-state index contributed by atoms with van der Waals surface area (Å²) in [5.74, 6) is -3.17. The molecular formula is C11H6BrF5N4. The second kappa shape index (κ2) is 5.43. The summed E-state index contributed by atoms with van der Waals surface area (Å²) in [4.78, 5) is 6.47. The smallest absolute Gasteiger partial charge is 0.368 e. The number of hydrogen-bond acceptors (Lipinski definition) is 4. The predicted octanol–water partition coefficient (Wildman–Crippen LogP) is 3.86. The maximum atomic E-state index is 13.6. The van der Waals surface area contributed by atoms with Gasteiger partial charge in [-0.2, -0.15) is 18.2 Å². The fraction of sp³-hybridized carbons (Fsp3) is 0.0909. The molecule has 21 heavy (non-hydrogen) atoms. The van der Waals surface area contributed by atoms with E-state index in [-0.39, 0.29) is 4.47 Å². The van der Waals surface area contributed by atoms with E-state index in [4.69, 9.17) is 5.73 Å². The molecule has 3 N–H and O–H groups in total. The van der Waals surface area contributed by atoms with Crippen LogP contribution in [0.15, 0.2) is 22.7 Å². The molecule has 0 amide bonds. The molecule has 1 aromatic heterocycles. The summed E-state index contributed by atoms with van der Waals surface area (Å²) in [6.07, 6.45) is -4.76. The summed E-state index contributed by atoms with van der Waals surface area (Å²) in [5.41, 5.74) is 3.18. The molecule has 1 heterocycles. The van der Waals surface area contributed by atoms with E-state index in [0.29, 0.717) is 6.07 Å². The van der Waals surface area contributed by atoms with E-state index in [1.165, 1.54) is 0 Å². The highest BCUT2D eigenvalue weighted by molar-refractivity contribution is 9.10. The normalized spacial score (nSPS) is 11.5. The van der Waals surface area contributed by atoms with Crippen molar-refractivity contribution in [3.63, 3.8) is 0 Å². The van der Waals surface area contributed by atoms with E-state index in [1.807, 2.05) is 0 Å².